The lowest BCUT2D eigenvalue weighted by molar-refractivity contribution is 0.263. The minimum atomic E-state index is -0.292. The van der Waals surface area contributed by atoms with Gasteiger partial charge in [0.25, 0.3) is 0 Å². The van der Waals surface area contributed by atoms with E-state index in [9.17, 15) is 4.39 Å². The van der Waals surface area contributed by atoms with Crippen LogP contribution in [0.15, 0.2) is 16.6 Å². The van der Waals surface area contributed by atoms with E-state index in [1.54, 1.807) is 6.07 Å². The zero-order valence-electron chi connectivity index (χ0n) is 9.50. The molecule has 0 saturated carbocycles. The molecule has 1 aliphatic heterocycles. The van der Waals surface area contributed by atoms with Crippen LogP contribution in [-0.4, -0.2) is 24.8 Å². The average Bonchev–Trinajstić information content (AvgIpc) is 2.72. The van der Waals surface area contributed by atoms with Gasteiger partial charge in [0, 0.05) is 25.8 Å². The van der Waals surface area contributed by atoms with Crippen molar-refractivity contribution in [1.82, 2.24) is 0 Å². The maximum absolute atomic E-state index is 13.5. The van der Waals surface area contributed by atoms with Crippen molar-refractivity contribution in [2.45, 2.75) is 12.8 Å². The molecule has 1 fully saturated rings. The van der Waals surface area contributed by atoms with Crippen LogP contribution in [0.25, 0.3) is 0 Å². The van der Waals surface area contributed by atoms with Crippen molar-refractivity contribution in [3.63, 3.8) is 0 Å². The van der Waals surface area contributed by atoms with Gasteiger partial charge in [0.05, 0.1) is 15.8 Å². The molecule has 3 N–H and O–H groups in total. The summed E-state index contributed by atoms with van der Waals surface area (Å²) in [6.07, 6.45) is 1.83. The highest BCUT2D eigenvalue weighted by molar-refractivity contribution is 9.10. The Kier molecular flexibility index (Phi) is 3.89. The SMILES string of the molecule is Nc1cc(Br)c(F)cc1N1CCC(CCO)C1. The van der Waals surface area contributed by atoms with Crippen molar-refractivity contribution in [3.05, 3.63) is 22.4 Å². The van der Waals surface area contributed by atoms with Crippen molar-refractivity contribution in [3.8, 4) is 0 Å². The Labute approximate surface area is 109 Å². The largest absolute Gasteiger partial charge is 0.397 e. The smallest absolute Gasteiger partial charge is 0.139 e. The first kappa shape index (κ1) is 12.6. The van der Waals surface area contributed by atoms with Gasteiger partial charge in [0.1, 0.15) is 5.82 Å². The van der Waals surface area contributed by atoms with Gasteiger partial charge >= 0.3 is 0 Å². The maximum Gasteiger partial charge on any atom is 0.139 e. The quantitative estimate of drug-likeness (QED) is 0.843. The fourth-order valence-corrected chi connectivity index (χ4v) is 2.66. The van der Waals surface area contributed by atoms with Crippen LogP contribution < -0.4 is 10.6 Å². The van der Waals surface area contributed by atoms with Crippen molar-refractivity contribution in [2.24, 2.45) is 5.92 Å². The minimum absolute atomic E-state index is 0.211. The Morgan fingerprint density at radius 2 is 2.29 bits per heavy atom. The summed E-state index contributed by atoms with van der Waals surface area (Å²) >= 11 is 3.12. The summed E-state index contributed by atoms with van der Waals surface area (Å²) in [5.74, 6) is 0.186. The van der Waals surface area contributed by atoms with E-state index in [-0.39, 0.29) is 12.4 Å². The molecule has 0 aromatic heterocycles. The molecule has 0 aliphatic carbocycles. The maximum atomic E-state index is 13.5. The molecule has 94 valence electrons. The van der Waals surface area contributed by atoms with Gasteiger partial charge in [-0.1, -0.05) is 0 Å². The standard InChI is InChI=1S/C12H16BrFN2O/c13-9-5-11(15)12(6-10(9)14)16-3-1-8(7-16)2-4-17/h5-6,8,17H,1-4,7,15H2. The Morgan fingerprint density at radius 1 is 1.53 bits per heavy atom. The van der Waals surface area contributed by atoms with Crippen LogP contribution in [0.4, 0.5) is 15.8 Å². The van der Waals surface area contributed by atoms with Crippen LogP contribution in [0.5, 0.6) is 0 Å². The Balaban J connectivity index is 2.16. The Bertz CT molecular complexity index is 414. The van der Waals surface area contributed by atoms with Crippen LogP contribution in [-0.2, 0) is 0 Å². The second kappa shape index (κ2) is 5.23. The van der Waals surface area contributed by atoms with Crippen LogP contribution in [0, 0.1) is 11.7 Å². The number of hydrogen-bond donors (Lipinski definition) is 2. The summed E-state index contributed by atoms with van der Waals surface area (Å²) in [5, 5.41) is 8.91. The third-order valence-electron chi connectivity index (χ3n) is 3.23. The lowest BCUT2D eigenvalue weighted by atomic mass is 10.1. The topological polar surface area (TPSA) is 49.5 Å². The van der Waals surface area contributed by atoms with Gasteiger partial charge in [-0.25, -0.2) is 4.39 Å². The molecule has 1 aromatic rings. The van der Waals surface area contributed by atoms with Gasteiger partial charge < -0.3 is 15.7 Å². The highest BCUT2D eigenvalue weighted by atomic mass is 79.9. The fourth-order valence-electron chi connectivity index (χ4n) is 2.30. The van der Waals surface area contributed by atoms with Crippen LogP contribution in [0.2, 0.25) is 0 Å². The van der Waals surface area contributed by atoms with Gasteiger partial charge in [-0.2, -0.15) is 0 Å². The zero-order valence-corrected chi connectivity index (χ0v) is 11.1. The highest BCUT2D eigenvalue weighted by Crippen LogP contribution is 2.33. The van der Waals surface area contributed by atoms with Crippen LogP contribution >= 0.6 is 15.9 Å². The predicted molar refractivity (Wildman–Crippen MR) is 70.5 cm³/mol. The van der Waals surface area contributed by atoms with Gasteiger partial charge in [0.15, 0.2) is 0 Å². The summed E-state index contributed by atoms with van der Waals surface area (Å²) in [6, 6.07) is 3.07. The predicted octanol–water partition coefficient (Wildman–Crippen LogP) is 2.38. The van der Waals surface area contributed by atoms with E-state index in [1.807, 2.05) is 0 Å². The first-order valence-electron chi connectivity index (χ1n) is 5.72. The third-order valence-corrected chi connectivity index (χ3v) is 3.84. The van der Waals surface area contributed by atoms with Crippen LogP contribution in [0.1, 0.15) is 12.8 Å². The molecule has 5 heteroatoms. The molecule has 2 rings (SSSR count). The fraction of sp³-hybridized carbons (Fsp3) is 0.500. The van der Waals surface area contributed by atoms with Crippen LogP contribution in [0.3, 0.4) is 0 Å². The van der Waals surface area contributed by atoms with E-state index >= 15 is 0 Å². The summed E-state index contributed by atoms with van der Waals surface area (Å²) in [5.41, 5.74) is 7.24. The number of benzene rings is 1. The molecule has 0 amide bonds. The van der Waals surface area contributed by atoms with Crippen molar-refractivity contribution >= 4 is 27.3 Å². The van der Waals surface area contributed by atoms with E-state index in [0.29, 0.717) is 16.1 Å². The number of nitrogens with two attached hydrogens (primary N) is 1. The molecule has 1 atom stereocenters. The molecule has 1 unspecified atom stereocenters. The number of rotatable bonds is 3. The van der Waals surface area contributed by atoms with E-state index < -0.39 is 0 Å². The number of hydrogen-bond acceptors (Lipinski definition) is 3. The number of nitrogen functional groups attached to an aromatic ring is 1. The molecule has 1 saturated heterocycles. The molecule has 3 nitrogen and oxygen atoms in total. The van der Waals surface area contributed by atoms with Gasteiger partial charge in [-0.05, 0) is 40.8 Å². The Hall–Kier alpha value is -0.810. The lowest BCUT2D eigenvalue weighted by Crippen LogP contribution is -2.21. The molecular weight excluding hydrogens is 287 g/mol. The number of nitrogens with zero attached hydrogens (tertiary/aromatic N) is 1. The average molecular weight is 303 g/mol. The van der Waals surface area contributed by atoms with E-state index in [1.165, 1.54) is 6.07 Å². The first-order chi connectivity index (χ1) is 8.11. The molecular formula is C12H16BrFN2O. The number of aliphatic hydroxyl groups excluding tert-OH is 1. The Morgan fingerprint density at radius 3 is 3.00 bits per heavy atom. The molecule has 17 heavy (non-hydrogen) atoms. The van der Waals surface area contributed by atoms with E-state index in [0.717, 1.165) is 31.6 Å². The summed E-state index contributed by atoms with van der Waals surface area (Å²) < 4.78 is 13.9. The number of aliphatic hydroxyl groups is 1. The zero-order chi connectivity index (χ0) is 12.4. The monoisotopic (exact) mass is 302 g/mol. The van der Waals surface area contributed by atoms with Gasteiger partial charge in [0.2, 0.25) is 0 Å². The second-order valence-electron chi connectivity index (χ2n) is 4.44. The first-order valence-corrected chi connectivity index (χ1v) is 6.51. The number of halogens is 2. The number of anilines is 2. The molecule has 1 aliphatic rings. The van der Waals surface area contributed by atoms with Crippen molar-refractivity contribution in [2.75, 3.05) is 30.3 Å². The van der Waals surface area contributed by atoms with E-state index in [2.05, 4.69) is 20.8 Å². The van der Waals surface area contributed by atoms with Gasteiger partial charge in [-0.3, -0.25) is 0 Å². The van der Waals surface area contributed by atoms with Gasteiger partial charge in [-0.15, -0.1) is 0 Å². The van der Waals surface area contributed by atoms with E-state index in [4.69, 9.17) is 10.8 Å². The molecule has 1 heterocycles. The summed E-state index contributed by atoms with van der Waals surface area (Å²) in [7, 11) is 0. The van der Waals surface area contributed by atoms with Crippen molar-refractivity contribution in [1.29, 1.82) is 0 Å². The second-order valence-corrected chi connectivity index (χ2v) is 5.29. The molecule has 0 bridgehead atoms. The molecule has 1 aromatic carbocycles. The minimum Gasteiger partial charge on any atom is -0.397 e. The highest BCUT2D eigenvalue weighted by Gasteiger charge is 2.24. The molecule has 0 spiro atoms. The van der Waals surface area contributed by atoms with Crippen molar-refractivity contribution < 1.29 is 9.50 Å². The third kappa shape index (κ3) is 2.72. The summed E-state index contributed by atoms with van der Waals surface area (Å²) in [6.45, 7) is 1.92. The molecule has 0 radical (unpaired) electrons. The normalized spacial score (nSPS) is 19.9. The lowest BCUT2D eigenvalue weighted by Gasteiger charge is -2.21. The summed E-state index contributed by atoms with van der Waals surface area (Å²) in [4.78, 5) is 2.09.